The minimum Gasteiger partial charge on any atom is -0.454 e. The van der Waals surface area contributed by atoms with E-state index in [1.54, 1.807) is 24.3 Å². The summed E-state index contributed by atoms with van der Waals surface area (Å²) in [4.78, 5) is 22.6. The van der Waals surface area contributed by atoms with Gasteiger partial charge in [-0.2, -0.15) is 0 Å². The van der Waals surface area contributed by atoms with Crippen molar-refractivity contribution in [1.82, 2.24) is 0 Å². The van der Waals surface area contributed by atoms with Crippen LogP contribution < -0.4 is 0 Å². The van der Waals surface area contributed by atoms with Crippen LogP contribution in [0.4, 0.5) is 0 Å². The van der Waals surface area contributed by atoms with Crippen LogP contribution in [0, 0.1) is 0 Å². The van der Waals surface area contributed by atoms with Crippen molar-refractivity contribution in [1.29, 1.82) is 0 Å². The van der Waals surface area contributed by atoms with E-state index >= 15 is 0 Å². The van der Waals surface area contributed by atoms with Gasteiger partial charge in [-0.1, -0.05) is 34.6 Å². The fourth-order valence-corrected chi connectivity index (χ4v) is 1.24. The summed E-state index contributed by atoms with van der Waals surface area (Å²) in [7, 11) is 0. The summed E-state index contributed by atoms with van der Waals surface area (Å²) in [5.41, 5.74) is 0.793. The first kappa shape index (κ1) is 12.6. The topological polar surface area (TPSA) is 43.4 Å². The largest absolute Gasteiger partial charge is 0.454 e. The van der Waals surface area contributed by atoms with Gasteiger partial charge in [0.1, 0.15) is 0 Å². The molecule has 0 aromatic heterocycles. The van der Waals surface area contributed by atoms with E-state index in [2.05, 4.69) is 22.5 Å². The number of carbonyl (C=O) groups excluding carboxylic acids is 2. The van der Waals surface area contributed by atoms with E-state index in [-0.39, 0.29) is 18.0 Å². The summed E-state index contributed by atoms with van der Waals surface area (Å²) < 4.78 is 5.64. The standard InChI is InChI=1S/C12H11BrO3/c1-8(2)12(15)16-7-11(14)9-3-5-10(13)6-4-9/h3-6H,1,7H2,2H3. The first-order valence-corrected chi connectivity index (χ1v) is 5.41. The Labute approximate surface area is 102 Å². The molecule has 0 heterocycles. The molecule has 1 rings (SSSR count). The van der Waals surface area contributed by atoms with Crippen LogP contribution in [0.25, 0.3) is 0 Å². The first-order chi connectivity index (χ1) is 7.50. The van der Waals surface area contributed by atoms with E-state index in [1.807, 2.05) is 0 Å². The zero-order valence-electron chi connectivity index (χ0n) is 8.83. The molecule has 0 saturated carbocycles. The lowest BCUT2D eigenvalue weighted by Gasteiger charge is -2.03. The smallest absolute Gasteiger partial charge is 0.333 e. The monoisotopic (exact) mass is 282 g/mol. The first-order valence-electron chi connectivity index (χ1n) is 4.62. The van der Waals surface area contributed by atoms with Crippen LogP contribution >= 0.6 is 15.9 Å². The molecule has 16 heavy (non-hydrogen) atoms. The highest BCUT2D eigenvalue weighted by atomic mass is 79.9. The molecule has 0 N–H and O–H groups in total. The Balaban J connectivity index is 2.56. The number of benzene rings is 1. The fraction of sp³-hybridized carbons (Fsp3) is 0.167. The number of carbonyl (C=O) groups is 2. The second kappa shape index (κ2) is 5.61. The van der Waals surface area contributed by atoms with Crippen molar-refractivity contribution in [2.45, 2.75) is 6.92 Å². The summed E-state index contributed by atoms with van der Waals surface area (Å²) in [6, 6.07) is 6.85. The Hall–Kier alpha value is -1.42. The van der Waals surface area contributed by atoms with Crippen molar-refractivity contribution in [2.75, 3.05) is 6.61 Å². The summed E-state index contributed by atoms with van der Waals surface area (Å²) in [6.07, 6.45) is 0. The SMILES string of the molecule is C=C(C)C(=O)OCC(=O)c1ccc(Br)cc1. The van der Waals surface area contributed by atoms with Crippen molar-refractivity contribution in [3.63, 3.8) is 0 Å². The van der Waals surface area contributed by atoms with Crippen LogP contribution in [0.2, 0.25) is 0 Å². The van der Waals surface area contributed by atoms with Gasteiger partial charge in [0.25, 0.3) is 0 Å². The third kappa shape index (κ3) is 3.62. The molecular weight excluding hydrogens is 272 g/mol. The van der Waals surface area contributed by atoms with Crippen LogP contribution in [0.1, 0.15) is 17.3 Å². The van der Waals surface area contributed by atoms with E-state index in [0.29, 0.717) is 5.56 Å². The van der Waals surface area contributed by atoms with Gasteiger partial charge in [-0.15, -0.1) is 0 Å². The van der Waals surface area contributed by atoms with Crippen molar-refractivity contribution in [3.8, 4) is 0 Å². The van der Waals surface area contributed by atoms with Gasteiger partial charge in [0, 0.05) is 15.6 Å². The van der Waals surface area contributed by atoms with E-state index in [9.17, 15) is 9.59 Å². The summed E-state index contributed by atoms with van der Waals surface area (Å²) in [5.74, 6) is -0.785. The maximum absolute atomic E-state index is 11.6. The Kier molecular flexibility index (Phi) is 4.43. The van der Waals surface area contributed by atoms with Gasteiger partial charge in [0.15, 0.2) is 12.4 Å². The van der Waals surface area contributed by atoms with Gasteiger partial charge in [0.2, 0.25) is 0 Å². The van der Waals surface area contributed by atoms with E-state index in [4.69, 9.17) is 4.74 Å². The minimum absolute atomic E-state index is 0.234. The van der Waals surface area contributed by atoms with Gasteiger partial charge in [-0.3, -0.25) is 4.79 Å². The van der Waals surface area contributed by atoms with Crippen LogP contribution in [0.5, 0.6) is 0 Å². The zero-order chi connectivity index (χ0) is 12.1. The molecular formula is C12H11BrO3. The van der Waals surface area contributed by atoms with Crippen LogP contribution in [0.3, 0.4) is 0 Å². The summed E-state index contributed by atoms with van der Waals surface area (Å²) >= 11 is 3.27. The van der Waals surface area contributed by atoms with E-state index in [1.165, 1.54) is 6.92 Å². The molecule has 0 bridgehead atoms. The zero-order valence-corrected chi connectivity index (χ0v) is 10.4. The predicted octanol–water partition coefficient (Wildman–Crippen LogP) is 2.75. The Morgan fingerprint density at radius 3 is 2.38 bits per heavy atom. The van der Waals surface area contributed by atoms with Crippen molar-refractivity contribution >= 4 is 27.7 Å². The molecule has 4 heteroatoms. The van der Waals surface area contributed by atoms with Gasteiger partial charge in [-0.05, 0) is 19.1 Å². The molecule has 1 aromatic rings. The second-order valence-electron chi connectivity index (χ2n) is 3.29. The lowest BCUT2D eigenvalue weighted by atomic mass is 10.1. The summed E-state index contributed by atoms with van der Waals surface area (Å²) in [5, 5.41) is 0. The number of Topliss-reactive ketones (excluding diaryl/α,β-unsaturated/α-hetero) is 1. The Morgan fingerprint density at radius 2 is 1.88 bits per heavy atom. The molecule has 0 unspecified atom stereocenters. The molecule has 0 spiro atoms. The number of esters is 1. The molecule has 0 fully saturated rings. The average Bonchev–Trinajstić information content (AvgIpc) is 2.26. The summed E-state index contributed by atoms with van der Waals surface area (Å²) in [6.45, 7) is 4.70. The maximum atomic E-state index is 11.6. The molecule has 0 atom stereocenters. The molecule has 0 aliphatic carbocycles. The van der Waals surface area contributed by atoms with E-state index in [0.717, 1.165) is 4.47 Å². The molecule has 0 aliphatic rings. The molecule has 0 saturated heterocycles. The van der Waals surface area contributed by atoms with Gasteiger partial charge in [0.05, 0.1) is 0 Å². The van der Waals surface area contributed by atoms with Gasteiger partial charge in [-0.25, -0.2) is 4.79 Å². The molecule has 0 aliphatic heterocycles. The van der Waals surface area contributed by atoms with Crippen LogP contribution in [0.15, 0.2) is 40.9 Å². The highest BCUT2D eigenvalue weighted by Gasteiger charge is 2.09. The van der Waals surface area contributed by atoms with Crippen molar-refractivity contribution in [2.24, 2.45) is 0 Å². The Bertz CT molecular complexity index is 420. The van der Waals surface area contributed by atoms with Crippen molar-refractivity contribution in [3.05, 3.63) is 46.5 Å². The average molecular weight is 283 g/mol. The van der Waals surface area contributed by atoms with Crippen LogP contribution in [-0.4, -0.2) is 18.4 Å². The number of ketones is 1. The highest BCUT2D eigenvalue weighted by Crippen LogP contribution is 2.11. The molecule has 0 amide bonds. The number of rotatable bonds is 4. The van der Waals surface area contributed by atoms with E-state index < -0.39 is 5.97 Å². The van der Waals surface area contributed by atoms with Gasteiger partial charge >= 0.3 is 5.97 Å². The third-order valence-corrected chi connectivity index (χ3v) is 2.38. The molecule has 3 nitrogen and oxygen atoms in total. The van der Waals surface area contributed by atoms with Crippen molar-refractivity contribution < 1.29 is 14.3 Å². The normalized spacial score (nSPS) is 9.62. The minimum atomic E-state index is -0.550. The second-order valence-corrected chi connectivity index (χ2v) is 4.20. The predicted molar refractivity (Wildman–Crippen MR) is 64.2 cm³/mol. The highest BCUT2D eigenvalue weighted by molar-refractivity contribution is 9.10. The molecule has 1 aromatic carbocycles. The number of ether oxygens (including phenoxy) is 1. The molecule has 0 radical (unpaired) electrons. The quantitative estimate of drug-likeness (QED) is 0.485. The lowest BCUT2D eigenvalue weighted by molar-refractivity contribution is -0.137. The fourth-order valence-electron chi connectivity index (χ4n) is 0.973. The number of hydrogen-bond acceptors (Lipinski definition) is 3. The lowest BCUT2D eigenvalue weighted by Crippen LogP contribution is -2.14. The maximum Gasteiger partial charge on any atom is 0.333 e. The molecule has 84 valence electrons. The number of halogens is 1. The van der Waals surface area contributed by atoms with Crippen LogP contribution in [-0.2, 0) is 9.53 Å². The number of hydrogen-bond donors (Lipinski definition) is 0. The Morgan fingerprint density at radius 1 is 1.31 bits per heavy atom. The third-order valence-electron chi connectivity index (χ3n) is 1.85. The van der Waals surface area contributed by atoms with Gasteiger partial charge < -0.3 is 4.74 Å².